The fourth-order valence-corrected chi connectivity index (χ4v) is 4.68. The maximum atomic E-state index is 12.2. The van der Waals surface area contributed by atoms with Gasteiger partial charge in [-0.25, -0.2) is 18.4 Å². The highest BCUT2D eigenvalue weighted by Gasteiger charge is 2.32. The van der Waals surface area contributed by atoms with Gasteiger partial charge in [-0.1, -0.05) is 0 Å². The van der Waals surface area contributed by atoms with E-state index in [1.54, 1.807) is 6.07 Å². The lowest BCUT2D eigenvalue weighted by Gasteiger charge is -2.27. The molecule has 1 aliphatic rings. The Morgan fingerprint density at radius 1 is 1.36 bits per heavy atom. The SMILES string of the molecule is CCN(c1cc(C(=O)NCCCN(C)C)ncn1)C1CCS(=O)(=O)C1. The summed E-state index contributed by atoms with van der Waals surface area (Å²) in [5.74, 6) is 0.700. The molecule has 1 unspecified atom stereocenters. The van der Waals surface area contributed by atoms with Crippen molar-refractivity contribution in [2.45, 2.75) is 25.8 Å². The van der Waals surface area contributed by atoms with Crippen molar-refractivity contribution in [1.29, 1.82) is 0 Å². The second kappa shape index (κ2) is 8.57. The molecule has 1 aromatic heterocycles. The van der Waals surface area contributed by atoms with Gasteiger partial charge >= 0.3 is 0 Å². The van der Waals surface area contributed by atoms with Gasteiger partial charge in [0.05, 0.1) is 11.5 Å². The highest BCUT2D eigenvalue weighted by atomic mass is 32.2. The zero-order valence-electron chi connectivity index (χ0n) is 15.1. The first kappa shape index (κ1) is 19.6. The Morgan fingerprint density at radius 2 is 2.12 bits per heavy atom. The highest BCUT2D eigenvalue weighted by molar-refractivity contribution is 7.91. The number of anilines is 1. The summed E-state index contributed by atoms with van der Waals surface area (Å²) in [6.45, 7) is 4.05. The van der Waals surface area contributed by atoms with E-state index < -0.39 is 9.84 Å². The summed E-state index contributed by atoms with van der Waals surface area (Å²) in [7, 11) is 0.999. The van der Waals surface area contributed by atoms with Crippen molar-refractivity contribution in [3.8, 4) is 0 Å². The monoisotopic (exact) mass is 369 g/mol. The highest BCUT2D eigenvalue weighted by Crippen LogP contribution is 2.22. The molecule has 1 atom stereocenters. The molecule has 0 aromatic carbocycles. The van der Waals surface area contributed by atoms with Crippen molar-refractivity contribution < 1.29 is 13.2 Å². The minimum Gasteiger partial charge on any atom is -0.353 e. The summed E-state index contributed by atoms with van der Waals surface area (Å²) in [6.07, 6.45) is 2.81. The Balaban J connectivity index is 2.02. The van der Waals surface area contributed by atoms with Gasteiger partial charge in [-0.2, -0.15) is 0 Å². The molecule has 1 saturated heterocycles. The summed E-state index contributed by atoms with van der Waals surface area (Å²) >= 11 is 0. The van der Waals surface area contributed by atoms with Gasteiger partial charge in [0.2, 0.25) is 0 Å². The van der Waals surface area contributed by atoms with Crippen LogP contribution in [-0.4, -0.2) is 80.5 Å². The molecule has 1 fully saturated rings. The van der Waals surface area contributed by atoms with Crippen molar-refractivity contribution in [1.82, 2.24) is 20.2 Å². The Labute approximate surface area is 149 Å². The van der Waals surface area contributed by atoms with Crippen molar-refractivity contribution >= 4 is 21.6 Å². The molecule has 1 amide bonds. The van der Waals surface area contributed by atoms with E-state index in [1.165, 1.54) is 6.33 Å². The topological polar surface area (TPSA) is 95.5 Å². The number of carbonyl (C=O) groups excluding carboxylic acids is 1. The zero-order valence-corrected chi connectivity index (χ0v) is 15.9. The number of amides is 1. The molecule has 0 saturated carbocycles. The summed E-state index contributed by atoms with van der Waals surface area (Å²) < 4.78 is 23.5. The smallest absolute Gasteiger partial charge is 0.270 e. The third kappa shape index (κ3) is 5.64. The van der Waals surface area contributed by atoms with Crippen LogP contribution in [0, 0.1) is 0 Å². The maximum absolute atomic E-state index is 12.2. The summed E-state index contributed by atoms with van der Waals surface area (Å²) in [4.78, 5) is 24.5. The fourth-order valence-electron chi connectivity index (χ4n) is 2.94. The molecule has 9 heteroatoms. The second-order valence-electron chi connectivity index (χ2n) is 6.52. The van der Waals surface area contributed by atoms with Gasteiger partial charge in [0.15, 0.2) is 9.84 Å². The molecule has 8 nitrogen and oxygen atoms in total. The Hall–Kier alpha value is -1.74. The standard InChI is InChI=1S/C16H27N5O3S/c1-4-21(13-6-9-25(23,24)11-13)15-10-14(18-12-19-15)16(22)17-7-5-8-20(2)3/h10,12-13H,4-9,11H2,1-3H3,(H,17,22). The zero-order chi connectivity index (χ0) is 18.4. The predicted molar refractivity (Wildman–Crippen MR) is 97.6 cm³/mol. The lowest BCUT2D eigenvalue weighted by atomic mass is 10.2. The van der Waals surface area contributed by atoms with Crippen LogP contribution in [0.1, 0.15) is 30.3 Å². The second-order valence-corrected chi connectivity index (χ2v) is 8.75. The number of hydrogen-bond acceptors (Lipinski definition) is 7. The quantitative estimate of drug-likeness (QED) is 0.653. The largest absolute Gasteiger partial charge is 0.353 e. The third-order valence-electron chi connectivity index (χ3n) is 4.24. The average molecular weight is 369 g/mol. The van der Waals surface area contributed by atoms with Crippen molar-refractivity contribution in [2.75, 3.05) is 50.1 Å². The molecule has 2 rings (SSSR count). The number of aromatic nitrogens is 2. The molecule has 25 heavy (non-hydrogen) atoms. The van der Waals surface area contributed by atoms with Gasteiger partial charge in [-0.05, 0) is 40.4 Å². The van der Waals surface area contributed by atoms with Gasteiger partial charge in [0, 0.05) is 25.2 Å². The van der Waals surface area contributed by atoms with Crippen LogP contribution >= 0.6 is 0 Å². The Kier molecular flexibility index (Phi) is 6.71. The molecular formula is C16H27N5O3S. The third-order valence-corrected chi connectivity index (χ3v) is 5.99. The minimum absolute atomic E-state index is 0.0964. The van der Waals surface area contributed by atoms with Gasteiger partial charge in [-0.15, -0.1) is 0 Å². The first-order chi connectivity index (χ1) is 11.8. The van der Waals surface area contributed by atoms with E-state index in [2.05, 4.69) is 20.2 Å². The molecule has 0 radical (unpaired) electrons. The summed E-state index contributed by atoms with van der Waals surface area (Å²) in [5.41, 5.74) is 0.300. The van der Waals surface area contributed by atoms with Crippen LogP contribution in [0.2, 0.25) is 0 Å². The number of carbonyl (C=O) groups is 1. The van der Waals surface area contributed by atoms with Gasteiger partial charge < -0.3 is 15.1 Å². The summed E-state index contributed by atoms with van der Waals surface area (Å²) in [5, 5.41) is 2.85. The number of nitrogens with zero attached hydrogens (tertiary/aromatic N) is 4. The van der Waals surface area contributed by atoms with E-state index in [0.717, 1.165) is 13.0 Å². The van der Waals surface area contributed by atoms with Gasteiger partial charge in [0.1, 0.15) is 17.8 Å². The van der Waals surface area contributed by atoms with E-state index in [-0.39, 0.29) is 23.5 Å². The van der Waals surface area contributed by atoms with Crippen LogP contribution in [0.25, 0.3) is 0 Å². The minimum atomic E-state index is -2.98. The van der Waals surface area contributed by atoms with Crippen molar-refractivity contribution in [3.05, 3.63) is 18.1 Å². The van der Waals surface area contributed by atoms with E-state index in [4.69, 9.17) is 0 Å². The number of sulfone groups is 1. The number of hydrogen-bond donors (Lipinski definition) is 1. The molecule has 1 N–H and O–H groups in total. The Morgan fingerprint density at radius 3 is 2.72 bits per heavy atom. The average Bonchev–Trinajstić information content (AvgIpc) is 2.92. The van der Waals surface area contributed by atoms with Gasteiger partial charge in [-0.3, -0.25) is 4.79 Å². The van der Waals surface area contributed by atoms with Crippen LogP contribution in [0.5, 0.6) is 0 Å². The molecule has 2 heterocycles. The first-order valence-corrected chi connectivity index (χ1v) is 10.4. The normalized spacial score (nSPS) is 19.1. The molecule has 0 bridgehead atoms. The van der Waals surface area contributed by atoms with E-state index in [0.29, 0.717) is 31.0 Å². The van der Waals surface area contributed by atoms with E-state index >= 15 is 0 Å². The predicted octanol–water partition coefficient (Wildman–Crippen LogP) is 0.172. The molecule has 0 spiro atoms. The number of rotatable bonds is 8. The van der Waals surface area contributed by atoms with Crippen LogP contribution in [0.15, 0.2) is 12.4 Å². The van der Waals surface area contributed by atoms with Crippen LogP contribution < -0.4 is 10.2 Å². The van der Waals surface area contributed by atoms with E-state index in [1.807, 2.05) is 25.9 Å². The fraction of sp³-hybridized carbons (Fsp3) is 0.688. The lowest BCUT2D eigenvalue weighted by molar-refractivity contribution is 0.0947. The summed E-state index contributed by atoms with van der Waals surface area (Å²) in [6, 6.07) is 1.54. The van der Waals surface area contributed by atoms with Crippen LogP contribution in [0.3, 0.4) is 0 Å². The molecular weight excluding hydrogens is 342 g/mol. The molecule has 140 valence electrons. The van der Waals surface area contributed by atoms with Crippen molar-refractivity contribution in [2.24, 2.45) is 0 Å². The first-order valence-electron chi connectivity index (χ1n) is 8.54. The maximum Gasteiger partial charge on any atom is 0.270 e. The Bertz CT molecular complexity index is 693. The lowest BCUT2D eigenvalue weighted by Crippen LogP contribution is -2.37. The van der Waals surface area contributed by atoms with Crippen molar-refractivity contribution in [3.63, 3.8) is 0 Å². The molecule has 1 aromatic rings. The molecule has 1 aliphatic heterocycles. The molecule has 0 aliphatic carbocycles. The van der Waals surface area contributed by atoms with Gasteiger partial charge in [0.25, 0.3) is 5.91 Å². The number of nitrogens with one attached hydrogen (secondary N) is 1. The van der Waals surface area contributed by atoms with E-state index in [9.17, 15) is 13.2 Å². The van der Waals surface area contributed by atoms with Crippen LogP contribution in [0.4, 0.5) is 5.82 Å². The van der Waals surface area contributed by atoms with Crippen LogP contribution in [-0.2, 0) is 9.84 Å².